The van der Waals surface area contributed by atoms with Gasteiger partial charge in [0.25, 0.3) is 0 Å². The number of aromatic nitrogens is 3. The zero-order valence-corrected chi connectivity index (χ0v) is 25.3. The summed E-state index contributed by atoms with van der Waals surface area (Å²) in [5, 5.41) is 4.05. The van der Waals surface area contributed by atoms with Gasteiger partial charge in [0.05, 0.1) is 35.7 Å². The molecule has 0 atom stereocenters. The molecule has 0 saturated heterocycles. The van der Waals surface area contributed by atoms with Gasteiger partial charge in [-0.2, -0.15) is 0 Å². The molecule has 0 saturated carbocycles. The number of aromatic amines is 1. The van der Waals surface area contributed by atoms with Crippen LogP contribution in [0.2, 0.25) is 10.0 Å². The van der Waals surface area contributed by atoms with Gasteiger partial charge in [-0.05, 0) is 36.4 Å². The second-order valence-electron chi connectivity index (χ2n) is 10.1. The van der Waals surface area contributed by atoms with E-state index in [1.54, 1.807) is 25.4 Å². The number of H-pyrrole nitrogens is 1. The van der Waals surface area contributed by atoms with E-state index in [2.05, 4.69) is 15.3 Å². The fourth-order valence-corrected chi connectivity index (χ4v) is 5.46. The maximum Gasteiger partial charge on any atom is 0.217 e. The number of methoxy groups -OCH3 is 2. The van der Waals surface area contributed by atoms with Gasteiger partial charge in [0.2, 0.25) is 5.88 Å². The van der Waals surface area contributed by atoms with Crippen LogP contribution in [0.1, 0.15) is 30.7 Å². The Balaban J connectivity index is 1.52. The van der Waals surface area contributed by atoms with Crippen molar-refractivity contribution < 1.29 is 13.9 Å². The molecule has 0 bridgehead atoms. The first-order valence-electron chi connectivity index (χ1n) is 13.5. The highest BCUT2D eigenvalue weighted by Gasteiger charge is 2.20. The minimum Gasteiger partial charge on any atom is -0.496 e. The number of ether oxygens (including phenoxy) is 2. The predicted octanol–water partition coefficient (Wildman–Crippen LogP) is 8.36. The van der Waals surface area contributed by atoms with E-state index in [1.807, 2.05) is 62.5 Å². The van der Waals surface area contributed by atoms with Crippen LogP contribution in [-0.2, 0) is 13.0 Å². The Kier molecular flexibility index (Phi) is 9.12. The third-order valence-corrected chi connectivity index (χ3v) is 7.75. The summed E-state index contributed by atoms with van der Waals surface area (Å²) in [6.07, 6.45) is 4.18. The lowest BCUT2D eigenvalue weighted by Gasteiger charge is -2.16. The molecule has 3 heterocycles. The highest BCUT2D eigenvalue weighted by molar-refractivity contribution is 6.39. The normalized spacial score (nSPS) is 11.2. The van der Waals surface area contributed by atoms with Gasteiger partial charge in [0, 0.05) is 70.5 Å². The smallest absolute Gasteiger partial charge is 0.217 e. The Hall–Kier alpha value is -3.91. The highest BCUT2D eigenvalue weighted by atomic mass is 35.5. The molecule has 0 aliphatic carbocycles. The van der Waals surface area contributed by atoms with Crippen molar-refractivity contribution in [3.05, 3.63) is 106 Å². The Morgan fingerprint density at radius 3 is 2.43 bits per heavy atom. The average molecular weight is 606 g/mol. The lowest BCUT2D eigenvalue weighted by molar-refractivity contribution is 0.394. The number of benzene rings is 2. The third kappa shape index (κ3) is 6.14. The van der Waals surface area contributed by atoms with Crippen molar-refractivity contribution in [2.45, 2.75) is 32.9 Å². The Morgan fingerprint density at radius 1 is 0.929 bits per heavy atom. The molecule has 0 aliphatic heterocycles. The van der Waals surface area contributed by atoms with Gasteiger partial charge >= 0.3 is 0 Å². The summed E-state index contributed by atoms with van der Waals surface area (Å²) in [7, 11) is 3.12. The Labute approximate surface area is 254 Å². The zero-order chi connectivity index (χ0) is 29.8. The molecule has 6 nitrogen and oxygen atoms in total. The summed E-state index contributed by atoms with van der Waals surface area (Å²) in [6.45, 7) is 4.34. The van der Waals surface area contributed by atoms with Gasteiger partial charge in [0.1, 0.15) is 11.6 Å². The molecule has 42 heavy (non-hydrogen) atoms. The van der Waals surface area contributed by atoms with Crippen molar-refractivity contribution >= 4 is 23.2 Å². The first-order chi connectivity index (χ1) is 20.3. The number of hydrogen-bond donors (Lipinski definition) is 2. The van der Waals surface area contributed by atoms with Crippen LogP contribution in [0.15, 0.2) is 73.1 Å². The van der Waals surface area contributed by atoms with E-state index in [0.717, 1.165) is 16.8 Å². The van der Waals surface area contributed by atoms with E-state index in [9.17, 15) is 0 Å². The molecule has 0 amide bonds. The van der Waals surface area contributed by atoms with Crippen molar-refractivity contribution in [2.75, 3.05) is 14.2 Å². The Morgan fingerprint density at radius 2 is 1.71 bits per heavy atom. The zero-order valence-electron chi connectivity index (χ0n) is 23.8. The van der Waals surface area contributed by atoms with E-state index < -0.39 is 5.82 Å². The van der Waals surface area contributed by atoms with E-state index >= 15 is 4.39 Å². The fraction of sp³-hybridized carbons (Fsp3) is 0.212. The molecule has 0 radical (unpaired) electrons. The van der Waals surface area contributed by atoms with Crippen LogP contribution in [0.3, 0.4) is 0 Å². The molecule has 0 unspecified atom stereocenters. The van der Waals surface area contributed by atoms with Crippen molar-refractivity contribution in [1.82, 2.24) is 20.3 Å². The third-order valence-electron chi connectivity index (χ3n) is 6.96. The van der Waals surface area contributed by atoms with Crippen LogP contribution in [-0.4, -0.2) is 35.2 Å². The van der Waals surface area contributed by atoms with E-state index in [-0.39, 0.29) is 6.04 Å². The lowest BCUT2D eigenvalue weighted by atomic mass is 9.98. The number of rotatable bonds is 10. The average Bonchev–Trinajstić information content (AvgIpc) is 3.50. The minimum absolute atomic E-state index is 0.195. The predicted molar refractivity (Wildman–Crippen MR) is 167 cm³/mol. The van der Waals surface area contributed by atoms with Gasteiger partial charge in [-0.15, -0.1) is 0 Å². The molecule has 0 fully saturated rings. The molecule has 3 aromatic heterocycles. The van der Waals surface area contributed by atoms with Crippen molar-refractivity contribution in [3.8, 4) is 45.3 Å². The van der Waals surface area contributed by atoms with Crippen LogP contribution in [0.25, 0.3) is 33.6 Å². The van der Waals surface area contributed by atoms with E-state index in [0.29, 0.717) is 68.3 Å². The summed E-state index contributed by atoms with van der Waals surface area (Å²) < 4.78 is 26.4. The molecule has 9 heteroatoms. The first-order valence-corrected chi connectivity index (χ1v) is 14.3. The van der Waals surface area contributed by atoms with Crippen molar-refractivity contribution in [3.63, 3.8) is 0 Å². The van der Waals surface area contributed by atoms with Gasteiger partial charge < -0.3 is 19.8 Å². The number of nitrogens with zero attached hydrogens (tertiary/aromatic N) is 2. The maximum atomic E-state index is 15.3. The van der Waals surface area contributed by atoms with Gasteiger partial charge in [-0.1, -0.05) is 61.3 Å². The second-order valence-corrected chi connectivity index (χ2v) is 10.9. The molecule has 0 spiro atoms. The van der Waals surface area contributed by atoms with Gasteiger partial charge in [-0.25, -0.2) is 9.37 Å². The van der Waals surface area contributed by atoms with Crippen molar-refractivity contribution in [1.29, 1.82) is 0 Å². The molecule has 5 aromatic rings. The number of hydrogen-bond acceptors (Lipinski definition) is 5. The lowest BCUT2D eigenvalue weighted by Crippen LogP contribution is -2.22. The fourth-order valence-electron chi connectivity index (χ4n) is 4.81. The summed E-state index contributed by atoms with van der Waals surface area (Å²) >= 11 is 13.9. The molecular formula is C33H31Cl2FN4O2. The maximum absolute atomic E-state index is 15.3. The van der Waals surface area contributed by atoms with Crippen LogP contribution in [0.4, 0.5) is 4.39 Å². The Bertz CT molecular complexity index is 1710. The van der Waals surface area contributed by atoms with Crippen molar-refractivity contribution in [2.24, 2.45) is 0 Å². The largest absolute Gasteiger partial charge is 0.496 e. The second kappa shape index (κ2) is 12.9. The van der Waals surface area contributed by atoms with Crippen LogP contribution in [0, 0.1) is 5.82 Å². The minimum atomic E-state index is -0.402. The van der Waals surface area contributed by atoms with Crippen LogP contribution < -0.4 is 14.8 Å². The highest BCUT2D eigenvalue weighted by Crippen LogP contribution is 2.42. The SMILES string of the molecule is COc1cc(-c2nccc(-c3cccc(-c4ccc(Cc5ccc[nH]5)c(OC)n4)c3Cl)c2Cl)cc(F)c1CNC(C)C. The molecule has 2 aromatic carbocycles. The molecule has 2 N–H and O–H groups in total. The van der Waals surface area contributed by atoms with Crippen LogP contribution >= 0.6 is 23.2 Å². The number of halogens is 3. The summed E-state index contributed by atoms with van der Waals surface area (Å²) in [5.41, 5.74) is 6.12. The quantitative estimate of drug-likeness (QED) is 0.167. The van der Waals surface area contributed by atoms with E-state index in [1.165, 1.54) is 13.2 Å². The summed E-state index contributed by atoms with van der Waals surface area (Å²) in [5.74, 6) is 0.539. The molecular weight excluding hydrogens is 574 g/mol. The first kappa shape index (κ1) is 29.6. The van der Waals surface area contributed by atoms with Crippen LogP contribution in [0.5, 0.6) is 11.6 Å². The topological polar surface area (TPSA) is 72.1 Å². The van der Waals surface area contributed by atoms with Gasteiger partial charge in [0.15, 0.2) is 0 Å². The monoisotopic (exact) mass is 604 g/mol. The molecule has 216 valence electrons. The standard InChI is InChI=1S/C33H31Cl2FN4O2/c1-19(2)39-18-26-27(36)16-21(17-29(26)41-3)32-31(35)24(12-14-38-32)23-8-5-9-25(30(23)34)28-11-10-20(33(40-28)42-4)15-22-7-6-13-37-22/h5-14,16-17,19,37,39H,15,18H2,1-4H3. The van der Waals surface area contributed by atoms with E-state index in [4.69, 9.17) is 37.7 Å². The number of nitrogens with one attached hydrogen (secondary N) is 2. The summed E-state index contributed by atoms with van der Waals surface area (Å²) in [6, 6.07) is 18.7. The molecule has 5 rings (SSSR count). The van der Waals surface area contributed by atoms with Gasteiger partial charge in [-0.3, -0.25) is 4.98 Å². The molecule has 0 aliphatic rings. The number of pyridine rings is 2. The summed E-state index contributed by atoms with van der Waals surface area (Å²) in [4.78, 5) is 12.5.